The van der Waals surface area contributed by atoms with Gasteiger partial charge in [0, 0.05) is 20.2 Å². The van der Waals surface area contributed by atoms with Gasteiger partial charge in [-0.1, -0.05) is 61.7 Å². The van der Waals surface area contributed by atoms with Gasteiger partial charge in [0.15, 0.2) is 0 Å². The van der Waals surface area contributed by atoms with Gasteiger partial charge < -0.3 is 0 Å². The third-order valence-corrected chi connectivity index (χ3v) is 9.51. The van der Waals surface area contributed by atoms with Gasteiger partial charge in [-0.3, -0.25) is 0 Å². The van der Waals surface area contributed by atoms with Crippen LogP contribution in [0.25, 0.3) is 51.1 Å². The van der Waals surface area contributed by atoms with Gasteiger partial charge in [-0.2, -0.15) is 0 Å². The van der Waals surface area contributed by atoms with Gasteiger partial charge in [0.1, 0.15) is 0 Å². The van der Waals surface area contributed by atoms with Crippen LogP contribution in [0, 0.1) is 0 Å². The Kier molecular flexibility index (Phi) is 3.77. The van der Waals surface area contributed by atoms with Crippen molar-refractivity contribution in [2.45, 2.75) is 38.0 Å². The maximum Gasteiger partial charge on any atom is 0.0542 e. The molecular formula is C28H22S2. The van der Waals surface area contributed by atoms with E-state index in [1.54, 1.807) is 5.56 Å². The van der Waals surface area contributed by atoms with Crippen LogP contribution in [0.3, 0.4) is 0 Å². The molecule has 0 saturated heterocycles. The van der Waals surface area contributed by atoms with E-state index in [9.17, 15) is 0 Å². The minimum atomic E-state index is 0.767. The summed E-state index contributed by atoms with van der Waals surface area (Å²) in [7, 11) is 0. The van der Waals surface area contributed by atoms with Crippen molar-refractivity contribution in [2.24, 2.45) is 0 Å². The highest BCUT2D eigenvalue weighted by Gasteiger charge is 2.17. The molecule has 0 nitrogen and oxygen atoms in total. The molecule has 0 atom stereocenters. The molecule has 0 spiro atoms. The maximum absolute atomic E-state index is 2.48. The summed E-state index contributed by atoms with van der Waals surface area (Å²) in [5, 5.41) is 8.31. The minimum absolute atomic E-state index is 0.767. The predicted molar refractivity (Wildman–Crippen MR) is 136 cm³/mol. The van der Waals surface area contributed by atoms with Gasteiger partial charge in [0.05, 0.1) is 9.40 Å². The van der Waals surface area contributed by atoms with E-state index in [0.29, 0.717) is 0 Å². The lowest BCUT2D eigenvalue weighted by Gasteiger charge is -2.22. The van der Waals surface area contributed by atoms with Crippen molar-refractivity contribution in [3.05, 3.63) is 72.3 Å². The molecule has 146 valence electrons. The molecule has 4 aromatic carbocycles. The molecule has 1 fully saturated rings. The number of hydrogen-bond donors (Lipinski definition) is 0. The van der Waals surface area contributed by atoms with Crippen LogP contribution in [0.5, 0.6) is 0 Å². The summed E-state index contributed by atoms with van der Waals surface area (Å²) in [5.41, 5.74) is 1.55. The Bertz CT molecular complexity index is 1570. The smallest absolute Gasteiger partial charge is 0.0542 e. The SMILES string of the molecule is c1ccc2cc3c(cc2c1)sc1c2cc4ccc(C5CCCCC5)cc4cc2sc31. The number of benzene rings is 4. The largest absolute Gasteiger partial charge is 0.134 e. The lowest BCUT2D eigenvalue weighted by molar-refractivity contribution is 0.444. The van der Waals surface area contributed by atoms with Crippen LogP contribution < -0.4 is 0 Å². The standard InChI is InChI=1S/C28H22S2/c1-2-6-17(7-3-1)20-10-11-21-14-24-26(16-22(21)12-20)30-27-23-13-18-8-4-5-9-19(18)15-25(23)29-28(24)27/h4-5,8-17H,1-3,6-7H2. The van der Waals surface area contributed by atoms with E-state index in [4.69, 9.17) is 0 Å². The van der Waals surface area contributed by atoms with E-state index in [1.807, 2.05) is 22.7 Å². The molecule has 2 heteroatoms. The van der Waals surface area contributed by atoms with Gasteiger partial charge in [0.25, 0.3) is 0 Å². The Balaban J connectivity index is 1.45. The molecule has 0 amide bonds. The Morgan fingerprint density at radius 3 is 1.87 bits per heavy atom. The van der Waals surface area contributed by atoms with E-state index < -0.39 is 0 Å². The zero-order valence-corrected chi connectivity index (χ0v) is 18.4. The fraction of sp³-hybridized carbons (Fsp3) is 0.214. The van der Waals surface area contributed by atoms with Crippen LogP contribution in [-0.4, -0.2) is 0 Å². The first-order chi connectivity index (χ1) is 14.8. The summed E-state index contributed by atoms with van der Waals surface area (Å²) in [4.78, 5) is 0. The van der Waals surface area contributed by atoms with Crippen LogP contribution in [-0.2, 0) is 0 Å². The first-order valence-electron chi connectivity index (χ1n) is 11.0. The molecule has 0 unspecified atom stereocenters. The van der Waals surface area contributed by atoms with Crippen molar-refractivity contribution >= 4 is 73.8 Å². The Hall–Kier alpha value is -2.42. The lowest BCUT2D eigenvalue weighted by atomic mass is 9.83. The zero-order chi connectivity index (χ0) is 19.7. The number of hydrogen-bond acceptors (Lipinski definition) is 2. The third kappa shape index (κ3) is 2.57. The minimum Gasteiger partial charge on any atom is -0.134 e. The monoisotopic (exact) mass is 422 g/mol. The maximum atomic E-state index is 2.48. The van der Waals surface area contributed by atoms with Crippen molar-refractivity contribution in [1.82, 2.24) is 0 Å². The molecule has 2 aromatic heterocycles. The van der Waals surface area contributed by atoms with Crippen LogP contribution in [0.4, 0.5) is 0 Å². The number of fused-ring (bicyclic) bond motifs is 7. The zero-order valence-electron chi connectivity index (χ0n) is 16.8. The molecule has 1 aliphatic carbocycles. The average molecular weight is 423 g/mol. The fourth-order valence-corrected chi connectivity index (χ4v) is 8.09. The van der Waals surface area contributed by atoms with Gasteiger partial charge in [0.2, 0.25) is 0 Å². The highest BCUT2D eigenvalue weighted by molar-refractivity contribution is 7.36. The lowest BCUT2D eigenvalue weighted by Crippen LogP contribution is -2.04. The first-order valence-corrected chi connectivity index (χ1v) is 12.7. The summed E-state index contributed by atoms with van der Waals surface area (Å²) >= 11 is 3.93. The molecular weight excluding hydrogens is 400 g/mol. The molecule has 6 aromatic rings. The summed E-state index contributed by atoms with van der Waals surface area (Å²) in [6.45, 7) is 0. The summed E-state index contributed by atoms with van der Waals surface area (Å²) < 4.78 is 5.75. The van der Waals surface area contributed by atoms with E-state index in [-0.39, 0.29) is 0 Å². The Morgan fingerprint density at radius 2 is 1.17 bits per heavy atom. The molecule has 2 heterocycles. The second-order valence-corrected chi connectivity index (χ2v) is 11.0. The second-order valence-electron chi connectivity index (χ2n) is 8.85. The number of rotatable bonds is 1. The van der Waals surface area contributed by atoms with Crippen molar-refractivity contribution in [3.63, 3.8) is 0 Å². The van der Waals surface area contributed by atoms with Crippen LogP contribution in [0.2, 0.25) is 0 Å². The van der Waals surface area contributed by atoms with Crippen LogP contribution >= 0.6 is 22.7 Å². The number of thiophene rings is 2. The molecule has 0 aliphatic heterocycles. The summed E-state index contributed by atoms with van der Waals surface area (Å²) in [6, 6.07) is 25.6. The third-order valence-electron chi connectivity index (χ3n) is 7.01. The topological polar surface area (TPSA) is 0 Å². The molecule has 30 heavy (non-hydrogen) atoms. The Labute approximate surface area is 183 Å². The summed E-state index contributed by atoms with van der Waals surface area (Å²) in [5.74, 6) is 0.767. The highest BCUT2D eigenvalue weighted by Crippen LogP contribution is 2.46. The molecule has 1 aliphatic rings. The van der Waals surface area contributed by atoms with Crippen molar-refractivity contribution < 1.29 is 0 Å². The van der Waals surface area contributed by atoms with E-state index in [2.05, 4.69) is 66.7 Å². The van der Waals surface area contributed by atoms with Crippen molar-refractivity contribution in [1.29, 1.82) is 0 Å². The van der Waals surface area contributed by atoms with Gasteiger partial charge in [-0.15, -0.1) is 22.7 Å². The van der Waals surface area contributed by atoms with Gasteiger partial charge >= 0.3 is 0 Å². The quantitative estimate of drug-likeness (QED) is 0.247. The molecule has 7 rings (SSSR count). The molecule has 0 bridgehead atoms. The van der Waals surface area contributed by atoms with E-state index in [1.165, 1.54) is 83.2 Å². The van der Waals surface area contributed by atoms with Gasteiger partial charge in [-0.05, 0) is 70.1 Å². The normalized spacial score (nSPS) is 15.9. The van der Waals surface area contributed by atoms with Crippen molar-refractivity contribution in [2.75, 3.05) is 0 Å². The highest BCUT2D eigenvalue weighted by atomic mass is 32.1. The predicted octanol–water partition coefficient (Wildman–Crippen LogP) is 9.62. The van der Waals surface area contributed by atoms with Crippen LogP contribution in [0.1, 0.15) is 43.6 Å². The average Bonchev–Trinajstić information content (AvgIpc) is 3.31. The van der Waals surface area contributed by atoms with Crippen molar-refractivity contribution in [3.8, 4) is 0 Å². The van der Waals surface area contributed by atoms with E-state index >= 15 is 0 Å². The van der Waals surface area contributed by atoms with Crippen LogP contribution in [0.15, 0.2) is 66.7 Å². The van der Waals surface area contributed by atoms with E-state index in [0.717, 1.165) is 5.92 Å². The molecule has 0 N–H and O–H groups in total. The molecule has 1 saturated carbocycles. The molecule has 0 radical (unpaired) electrons. The fourth-order valence-electron chi connectivity index (χ4n) is 5.40. The Morgan fingerprint density at radius 1 is 0.567 bits per heavy atom. The first kappa shape index (κ1) is 17.3. The second kappa shape index (κ2) is 6.54. The summed E-state index contributed by atoms with van der Waals surface area (Å²) in [6.07, 6.45) is 6.93. The van der Waals surface area contributed by atoms with Gasteiger partial charge in [-0.25, -0.2) is 0 Å².